The zero-order valence-electron chi connectivity index (χ0n) is 22.8. The van der Waals surface area contributed by atoms with E-state index in [1.54, 1.807) is 24.3 Å². The first-order valence-corrected chi connectivity index (χ1v) is 13.4. The number of alkyl carbamates (subject to hydrolysis) is 1. The molecule has 0 fully saturated rings. The van der Waals surface area contributed by atoms with E-state index in [4.69, 9.17) is 9.47 Å². The van der Waals surface area contributed by atoms with Crippen LogP contribution in [0.5, 0.6) is 0 Å². The molecular formula is C31H31F3N2O6. The number of fused-ring (bicyclic) bond motifs is 3. The number of carboxylic acid groups (broad SMARTS) is 1. The van der Waals surface area contributed by atoms with Crippen molar-refractivity contribution in [1.29, 1.82) is 0 Å². The topological polar surface area (TPSA) is 114 Å². The summed E-state index contributed by atoms with van der Waals surface area (Å²) in [4.78, 5) is 36.6. The first-order valence-electron chi connectivity index (χ1n) is 13.4. The highest BCUT2D eigenvalue weighted by atomic mass is 19.4. The molecule has 0 spiro atoms. The van der Waals surface area contributed by atoms with E-state index in [1.807, 2.05) is 59.9 Å². The van der Waals surface area contributed by atoms with Crippen LogP contribution in [0.2, 0.25) is 0 Å². The third-order valence-electron chi connectivity index (χ3n) is 7.10. The first kappa shape index (κ1) is 30.6. The fraction of sp³-hybridized carbons (Fsp3) is 0.323. The highest BCUT2D eigenvalue weighted by Crippen LogP contribution is 2.44. The van der Waals surface area contributed by atoms with Crippen LogP contribution in [-0.4, -0.2) is 54.0 Å². The van der Waals surface area contributed by atoms with Gasteiger partial charge >= 0.3 is 18.2 Å². The maximum atomic E-state index is 13.7. The van der Waals surface area contributed by atoms with Crippen molar-refractivity contribution in [3.05, 3.63) is 95.6 Å². The van der Waals surface area contributed by atoms with Crippen molar-refractivity contribution in [2.24, 2.45) is 0 Å². The maximum absolute atomic E-state index is 13.7. The van der Waals surface area contributed by atoms with Crippen molar-refractivity contribution in [3.63, 3.8) is 0 Å². The van der Waals surface area contributed by atoms with Crippen LogP contribution in [0.4, 0.5) is 18.0 Å². The summed E-state index contributed by atoms with van der Waals surface area (Å²) in [5, 5.41) is 13.6. The molecule has 3 aromatic carbocycles. The maximum Gasteiger partial charge on any atom is 0.408 e. The number of carbonyl (C=O) groups excluding carboxylic acids is 2. The summed E-state index contributed by atoms with van der Waals surface area (Å²) in [7, 11) is 0. The van der Waals surface area contributed by atoms with Gasteiger partial charge in [0.25, 0.3) is 0 Å². The number of halogens is 3. The number of alkyl halides is 3. The summed E-state index contributed by atoms with van der Waals surface area (Å²) in [6.07, 6.45) is -8.62. The number of carbonyl (C=O) groups is 3. The quantitative estimate of drug-likeness (QED) is 0.262. The molecule has 42 heavy (non-hydrogen) atoms. The summed E-state index contributed by atoms with van der Waals surface area (Å²) in [5.74, 6) is -2.66. The lowest BCUT2D eigenvalue weighted by Gasteiger charge is -2.24. The molecule has 222 valence electrons. The Morgan fingerprint density at radius 2 is 1.45 bits per heavy atom. The van der Waals surface area contributed by atoms with Gasteiger partial charge in [-0.1, -0.05) is 78.9 Å². The number of ether oxygens (including phenoxy) is 2. The van der Waals surface area contributed by atoms with Gasteiger partial charge in [-0.05, 0) is 41.2 Å². The third kappa shape index (κ3) is 7.67. The van der Waals surface area contributed by atoms with Gasteiger partial charge in [-0.2, -0.15) is 13.2 Å². The molecule has 8 nitrogen and oxygen atoms in total. The number of benzene rings is 3. The Bertz CT molecular complexity index is 1350. The van der Waals surface area contributed by atoms with Gasteiger partial charge in [-0.25, -0.2) is 9.59 Å². The van der Waals surface area contributed by atoms with Gasteiger partial charge in [-0.3, -0.25) is 4.79 Å². The van der Waals surface area contributed by atoms with Crippen molar-refractivity contribution in [3.8, 4) is 11.1 Å². The number of hydrogen-bond acceptors (Lipinski definition) is 5. The Morgan fingerprint density at radius 1 is 0.881 bits per heavy atom. The van der Waals surface area contributed by atoms with Crippen molar-refractivity contribution >= 4 is 18.0 Å². The second-order valence-corrected chi connectivity index (χ2v) is 9.99. The molecule has 11 heteroatoms. The Kier molecular flexibility index (Phi) is 9.84. The van der Waals surface area contributed by atoms with E-state index < -0.39 is 55.2 Å². The molecule has 3 N–H and O–H groups in total. The fourth-order valence-corrected chi connectivity index (χ4v) is 4.90. The lowest BCUT2D eigenvalue weighted by atomic mass is 9.98. The minimum absolute atomic E-state index is 0.0852. The predicted molar refractivity (Wildman–Crippen MR) is 148 cm³/mol. The van der Waals surface area contributed by atoms with E-state index in [2.05, 4.69) is 5.32 Å². The minimum atomic E-state index is -4.87. The molecule has 0 saturated carbocycles. The smallest absolute Gasteiger partial charge is 0.408 e. The number of hydrogen-bond donors (Lipinski definition) is 3. The van der Waals surface area contributed by atoms with Gasteiger partial charge in [0, 0.05) is 12.3 Å². The molecule has 0 aromatic heterocycles. The zero-order chi connectivity index (χ0) is 30.3. The van der Waals surface area contributed by atoms with Crippen LogP contribution in [0.15, 0.2) is 78.9 Å². The van der Waals surface area contributed by atoms with Crippen LogP contribution >= 0.6 is 0 Å². The van der Waals surface area contributed by atoms with E-state index in [9.17, 15) is 32.7 Å². The number of amides is 2. The summed E-state index contributed by atoms with van der Waals surface area (Å²) in [6, 6.07) is 20.2. The molecular weight excluding hydrogens is 553 g/mol. The summed E-state index contributed by atoms with van der Waals surface area (Å²) >= 11 is 0. The van der Waals surface area contributed by atoms with Crippen LogP contribution in [0.3, 0.4) is 0 Å². The highest BCUT2D eigenvalue weighted by molar-refractivity contribution is 5.84. The number of nitrogens with one attached hydrogen (secondary N) is 2. The highest BCUT2D eigenvalue weighted by Gasteiger charge is 2.41. The van der Waals surface area contributed by atoms with E-state index in [1.165, 1.54) is 6.92 Å². The second kappa shape index (κ2) is 13.5. The van der Waals surface area contributed by atoms with Crippen LogP contribution in [0.1, 0.15) is 42.4 Å². The van der Waals surface area contributed by atoms with Gasteiger partial charge in [0.05, 0.1) is 12.7 Å². The Balaban J connectivity index is 1.30. The number of carboxylic acids is 1. The Hall–Kier alpha value is -4.38. The van der Waals surface area contributed by atoms with Gasteiger partial charge in [-0.15, -0.1) is 0 Å². The lowest BCUT2D eigenvalue weighted by molar-refractivity contribution is -0.157. The molecule has 2 unspecified atom stereocenters. The van der Waals surface area contributed by atoms with Crippen LogP contribution in [0.25, 0.3) is 11.1 Å². The number of rotatable bonds is 12. The van der Waals surface area contributed by atoms with E-state index in [0.29, 0.717) is 0 Å². The Labute approximate surface area is 240 Å². The summed E-state index contributed by atoms with van der Waals surface area (Å²) in [5.41, 5.74) is 4.55. The van der Waals surface area contributed by atoms with E-state index in [-0.39, 0.29) is 19.1 Å². The van der Waals surface area contributed by atoms with Crippen LogP contribution in [-0.2, 0) is 25.7 Å². The van der Waals surface area contributed by atoms with Crippen molar-refractivity contribution in [2.45, 2.75) is 56.7 Å². The molecule has 0 bridgehead atoms. The Morgan fingerprint density at radius 3 is 2.02 bits per heavy atom. The summed E-state index contributed by atoms with van der Waals surface area (Å²) < 4.78 is 52.0. The molecule has 0 heterocycles. The van der Waals surface area contributed by atoms with E-state index in [0.717, 1.165) is 27.8 Å². The average molecular weight is 585 g/mol. The molecule has 1 aliphatic rings. The second-order valence-electron chi connectivity index (χ2n) is 9.99. The van der Waals surface area contributed by atoms with Crippen LogP contribution < -0.4 is 10.6 Å². The van der Waals surface area contributed by atoms with E-state index >= 15 is 0 Å². The molecule has 4 rings (SSSR count). The largest absolute Gasteiger partial charge is 0.480 e. The van der Waals surface area contributed by atoms with Gasteiger partial charge in [0.1, 0.15) is 12.6 Å². The van der Waals surface area contributed by atoms with Crippen molar-refractivity contribution < 1.29 is 42.1 Å². The molecule has 0 saturated heterocycles. The zero-order valence-corrected chi connectivity index (χ0v) is 22.8. The molecule has 1 aliphatic carbocycles. The standard InChI is InChI=1S/C31H31F3N2O6/c1-19(41-17-20-9-3-2-4-10-20)28(29(38)39)36-27(37)16-15-26(31(32,33)34)35-30(40)42-18-25-23-13-7-5-11-21(23)22-12-6-8-14-24(22)25/h2-14,19,25-26,28H,15-18H2,1H3,(H,35,40)(H,36,37)(H,38,39)/t19?,26-,28?/m0/s1. The molecule has 0 aliphatic heterocycles. The predicted octanol–water partition coefficient (Wildman–Crippen LogP) is 5.41. The third-order valence-corrected chi connectivity index (χ3v) is 7.10. The molecule has 3 aromatic rings. The molecule has 0 radical (unpaired) electrons. The lowest BCUT2D eigenvalue weighted by Crippen LogP contribution is -2.50. The summed E-state index contributed by atoms with van der Waals surface area (Å²) in [6.45, 7) is 1.35. The van der Waals surface area contributed by atoms with Crippen molar-refractivity contribution in [2.75, 3.05) is 6.61 Å². The normalized spacial score (nSPS) is 14.7. The van der Waals surface area contributed by atoms with Crippen molar-refractivity contribution in [1.82, 2.24) is 10.6 Å². The first-order chi connectivity index (χ1) is 20.0. The van der Waals surface area contributed by atoms with Crippen LogP contribution in [0, 0.1) is 0 Å². The SMILES string of the molecule is CC(OCc1ccccc1)C(NC(=O)CC[C@H](NC(=O)OCC1c2ccccc2-c2ccccc21)C(F)(F)F)C(=O)O. The minimum Gasteiger partial charge on any atom is -0.480 e. The van der Waals surface area contributed by atoms with Gasteiger partial charge in [0.2, 0.25) is 5.91 Å². The fourth-order valence-electron chi connectivity index (χ4n) is 4.90. The molecule has 2 amide bonds. The van der Waals surface area contributed by atoms with Gasteiger partial charge in [0.15, 0.2) is 6.04 Å². The monoisotopic (exact) mass is 584 g/mol. The average Bonchev–Trinajstić information content (AvgIpc) is 3.29. The number of aliphatic carboxylic acids is 1. The molecule has 3 atom stereocenters. The van der Waals surface area contributed by atoms with Gasteiger partial charge < -0.3 is 25.2 Å².